The number of phenols is 1. The molecule has 0 unspecified atom stereocenters. The van der Waals surface area contributed by atoms with Crippen molar-refractivity contribution >= 4 is 11.9 Å². The van der Waals surface area contributed by atoms with Gasteiger partial charge in [-0.3, -0.25) is 4.79 Å². The second kappa shape index (κ2) is 6.96. The second-order valence-corrected chi connectivity index (χ2v) is 6.63. The van der Waals surface area contributed by atoms with Gasteiger partial charge in [-0.05, 0) is 49.8 Å². The number of carbonyl (C=O) groups is 1. The highest BCUT2D eigenvalue weighted by molar-refractivity contribution is 6.15. The Labute approximate surface area is 157 Å². The summed E-state index contributed by atoms with van der Waals surface area (Å²) in [7, 11) is 0. The van der Waals surface area contributed by atoms with Crippen LogP contribution in [0.3, 0.4) is 0 Å². The third-order valence-corrected chi connectivity index (χ3v) is 5.04. The summed E-state index contributed by atoms with van der Waals surface area (Å²) in [6.07, 6.45) is 1.69. The number of carbonyl (C=O) groups excluding carboxylic acids is 1. The van der Waals surface area contributed by atoms with Gasteiger partial charge in [-0.25, -0.2) is 0 Å². The number of nitrogens with one attached hydrogen (secondary N) is 1. The van der Waals surface area contributed by atoms with Gasteiger partial charge in [-0.15, -0.1) is 0 Å². The van der Waals surface area contributed by atoms with Crippen LogP contribution in [-0.4, -0.2) is 30.8 Å². The van der Waals surface area contributed by atoms with E-state index < -0.39 is 0 Å². The van der Waals surface area contributed by atoms with Crippen molar-refractivity contribution in [2.75, 3.05) is 19.9 Å². The number of hydrogen-bond acceptors (Lipinski definition) is 5. The number of rotatable bonds is 5. The Morgan fingerprint density at radius 1 is 1.11 bits per heavy atom. The maximum absolute atomic E-state index is 12.8. The molecule has 2 aromatic rings. The molecule has 0 fully saturated rings. The molecule has 0 saturated carbocycles. The van der Waals surface area contributed by atoms with E-state index in [2.05, 4.69) is 13.8 Å². The maximum atomic E-state index is 12.8. The predicted molar refractivity (Wildman–Crippen MR) is 99.4 cm³/mol. The first-order valence-corrected chi connectivity index (χ1v) is 9.13. The first-order valence-electron chi connectivity index (χ1n) is 9.13. The van der Waals surface area contributed by atoms with Gasteiger partial charge < -0.3 is 24.2 Å². The highest BCUT2D eigenvalue weighted by atomic mass is 16.7. The summed E-state index contributed by atoms with van der Waals surface area (Å²) in [6, 6.07) is 8.66. The molecule has 2 heterocycles. The van der Waals surface area contributed by atoms with E-state index in [0.717, 1.165) is 18.7 Å². The van der Waals surface area contributed by atoms with Crippen molar-refractivity contribution in [1.82, 2.24) is 0 Å². The number of Topliss-reactive ketones (excluding diaryl/α,β-unsaturated/α-hetero) is 1. The summed E-state index contributed by atoms with van der Waals surface area (Å²) < 4.78 is 16.6. The third-order valence-electron chi connectivity index (χ3n) is 5.04. The minimum absolute atomic E-state index is 0.158. The van der Waals surface area contributed by atoms with Crippen LogP contribution < -0.4 is 19.1 Å². The standard InChI is InChI=1S/C21H21NO5/c1-3-22(4-2)11-15-16(23)7-6-14-20(24)19(27-21(14)15)10-13-5-8-17-18(9-13)26-12-25-17/h5-10,23H,3-4,11-12H2,1-2H3/p+1/b19-10-. The molecule has 0 aliphatic carbocycles. The van der Waals surface area contributed by atoms with E-state index in [-0.39, 0.29) is 24.1 Å². The lowest BCUT2D eigenvalue weighted by atomic mass is 10.0. The van der Waals surface area contributed by atoms with Gasteiger partial charge in [-0.1, -0.05) is 6.07 Å². The molecule has 2 aliphatic heterocycles. The monoisotopic (exact) mass is 368 g/mol. The normalized spacial score (nSPS) is 16.1. The van der Waals surface area contributed by atoms with Crippen LogP contribution in [0.2, 0.25) is 0 Å². The van der Waals surface area contributed by atoms with Crippen LogP contribution in [0.5, 0.6) is 23.0 Å². The number of quaternary nitrogens is 1. The smallest absolute Gasteiger partial charge is 0.231 e. The van der Waals surface area contributed by atoms with Gasteiger partial charge in [-0.2, -0.15) is 0 Å². The molecule has 4 rings (SSSR count). The Kier molecular flexibility index (Phi) is 4.49. The van der Waals surface area contributed by atoms with E-state index in [0.29, 0.717) is 34.9 Å². The van der Waals surface area contributed by atoms with Crippen LogP contribution in [0, 0.1) is 0 Å². The molecular weight excluding hydrogens is 346 g/mol. The summed E-state index contributed by atoms with van der Waals surface area (Å²) in [5.74, 6) is 2.02. The van der Waals surface area contributed by atoms with E-state index in [9.17, 15) is 9.90 Å². The predicted octanol–water partition coefficient (Wildman–Crippen LogP) is 2.16. The van der Waals surface area contributed by atoms with Crippen molar-refractivity contribution in [3.05, 3.63) is 52.8 Å². The van der Waals surface area contributed by atoms with E-state index in [1.165, 1.54) is 4.90 Å². The van der Waals surface area contributed by atoms with Crippen molar-refractivity contribution < 1.29 is 29.0 Å². The number of allylic oxidation sites excluding steroid dienone is 1. The number of ether oxygens (including phenoxy) is 3. The number of fused-ring (bicyclic) bond motifs is 2. The maximum Gasteiger partial charge on any atom is 0.231 e. The van der Waals surface area contributed by atoms with Crippen LogP contribution in [-0.2, 0) is 6.54 Å². The molecule has 0 radical (unpaired) electrons. The SMILES string of the molecule is CC[NH+](CC)Cc1c(O)ccc2c1O/C(=C\c1ccc3c(c1)OCO3)C2=O. The van der Waals surface area contributed by atoms with Crippen LogP contribution in [0.1, 0.15) is 35.3 Å². The largest absolute Gasteiger partial charge is 0.507 e. The third kappa shape index (κ3) is 3.13. The molecule has 2 aromatic carbocycles. The van der Waals surface area contributed by atoms with E-state index >= 15 is 0 Å². The molecule has 27 heavy (non-hydrogen) atoms. The molecule has 0 saturated heterocycles. The van der Waals surface area contributed by atoms with Crippen molar-refractivity contribution in [1.29, 1.82) is 0 Å². The van der Waals surface area contributed by atoms with Gasteiger partial charge in [0.15, 0.2) is 23.0 Å². The van der Waals surface area contributed by atoms with Crippen molar-refractivity contribution in [2.24, 2.45) is 0 Å². The molecule has 2 aliphatic rings. The zero-order valence-corrected chi connectivity index (χ0v) is 15.4. The number of benzene rings is 2. The summed E-state index contributed by atoms with van der Waals surface area (Å²) in [5, 5.41) is 10.3. The zero-order chi connectivity index (χ0) is 19.0. The zero-order valence-electron chi connectivity index (χ0n) is 15.4. The minimum atomic E-state index is -0.182. The molecule has 0 bridgehead atoms. The van der Waals surface area contributed by atoms with Crippen LogP contribution >= 0.6 is 0 Å². The van der Waals surface area contributed by atoms with Crippen LogP contribution in [0.4, 0.5) is 0 Å². The molecule has 6 nitrogen and oxygen atoms in total. The molecular formula is C21H22NO5+. The van der Waals surface area contributed by atoms with Gasteiger partial charge in [0.1, 0.15) is 12.3 Å². The fraction of sp³-hybridized carbons (Fsp3) is 0.286. The van der Waals surface area contributed by atoms with Crippen molar-refractivity contribution in [3.63, 3.8) is 0 Å². The molecule has 140 valence electrons. The summed E-state index contributed by atoms with van der Waals surface area (Å²) in [4.78, 5) is 14.1. The van der Waals surface area contributed by atoms with Gasteiger partial charge in [0.2, 0.25) is 12.6 Å². The van der Waals surface area contributed by atoms with E-state index in [1.807, 2.05) is 18.2 Å². The molecule has 6 heteroatoms. The summed E-state index contributed by atoms with van der Waals surface area (Å²) in [5.41, 5.74) is 1.95. The Morgan fingerprint density at radius 3 is 2.67 bits per heavy atom. The van der Waals surface area contributed by atoms with Crippen LogP contribution in [0.15, 0.2) is 36.1 Å². The second-order valence-electron chi connectivity index (χ2n) is 6.63. The number of aromatic hydroxyl groups is 1. The first kappa shape index (κ1) is 17.4. The Morgan fingerprint density at radius 2 is 1.89 bits per heavy atom. The summed E-state index contributed by atoms with van der Waals surface area (Å²) in [6.45, 7) is 6.84. The Balaban J connectivity index is 1.67. The topological polar surface area (TPSA) is 69.4 Å². The fourth-order valence-corrected chi connectivity index (χ4v) is 3.37. The fourth-order valence-electron chi connectivity index (χ4n) is 3.37. The average molecular weight is 368 g/mol. The molecule has 2 N–H and O–H groups in total. The lowest BCUT2D eigenvalue weighted by Crippen LogP contribution is -3.10. The number of ketones is 1. The molecule has 0 atom stereocenters. The van der Waals surface area contributed by atoms with Crippen molar-refractivity contribution in [3.8, 4) is 23.0 Å². The highest BCUT2D eigenvalue weighted by Gasteiger charge is 2.32. The minimum Gasteiger partial charge on any atom is -0.507 e. The van der Waals surface area contributed by atoms with Crippen molar-refractivity contribution in [2.45, 2.75) is 20.4 Å². The molecule has 0 amide bonds. The number of phenolic OH excluding ortho intramolecular Hbond substituents is 1. The highest BCUT2D eigenvalue weighted by Crippen LogP contribution is 2.40. The Bertz CT molecular complexity index is 930. The van der Waals surface area contributed by atoms with Crippen LogP contribution in [0.25, 0.3) is 6.08 Å². The molecule has 0 aromatic heterocycles. The van der Waals surface area contributed by atoms with E-state index in [4.69, 9.17) is 14.2 Å². The Hall–Kier alpha value is -2.99. The lowest BCUT2D eigenvalue weighted by molar-refractivity contribution is -0.910. The molecule has 0 spiro atoms. The van der Waals surface area contributed by atoms with Gasteiger partial charge in [0.05, 0.1) is 24.2 Å². The van der Waals surface area contributed by atoms with Gasteiger partial charge >= 0.3 is 0 Å². The van der Waals surface area contributed by atoms with E-state index in [1.54, 1.807) is 18.2 Å². The van der Waals surface area contributed by atoms with Gasteiger partial charge in [0, 0.05) is 0 Å². The number of hydrogen-bond donors (Lipinski definition) is 2. The average Bonchev–Trinajstić information content (AvgIpc) is 3.26. The summed E-state index contributed by atoms with van der Waals surface area (Å²) >= 11 is 0. The lowest BCUT2D eigenvalue weighted by Gasteiger charge is -2.17. The first-order chi connectivity index (χ1) is 13.1. The quantitative estimate of drug-likeness (QED) is 0.792. The van der Waals surface area contributed by atoms with Gasteiger partial charge in [0.25, 0.3) is 0 Å².